The van der Waals surface area contributed by atoms with Gasteiger partial charge in [-0.25, -0.2) is 4.79 Å². The molecule has 130 valence electrons. The van der Waals surface area contributed by atoms with Crippen molar-refractivity contribution in [2.75, 3.05) is 20.3 Å². The predicted octanol–water partition coefficient (Wildman–Crippen LogP) is 3.43. The van der Waals surface area contributed by atoms with Gasteiger partial charge in [-0.15, -0.1) is 0 Å². The number of allylic oxidation sites excluding steroid dienone is 1. The number of carbonyl (C=O) groups is 2. The third kappa shape index (κ3) is 6.14. The predicted molar refractivity (Wildman–Crippen MR) is 94.7 cm³/mol. The van der Waals surface area contributed by atoms with Gasteiger partial charge in [0, 0.05) is 6.08 Å². The van der Waals surface area contributed by atoms with Gasteiger partial charge in [0.1, 0.15) is 24.7 Å². The van der Waals surface area contributed by atoms with Crippen molar-refractivity contribution in [3.8, 4) is 22.6 Å². The van der Waals surface area contributed by atoms with E-state index in [0.717, 1.165) is 23.0 Å². The Kier molecular flexibility index (Phi) is 6.77. The third-order valence-electron chi connectivity index (χ3n) is 3.33. The number of methoxy groups -OCH3 is 1. The summed E-state index contributed by atoms with van der Waals surface area (Å²) in [5, 5.41) is 0. The van der Waals surface area contributed by atoms with Crippen molar-refractivity contribution >= 4 is 11.8 Å². The Balaban J connectivity index is 1.80. The van der Waals surface area contributed by atoms with E-state index >= 15 is 0 Å². The van der Waals surface area contributed by atoms with Gasteiger partial charge >= 0.3 is 5.97 Å². The number of ether oxygens (including phenoxy) is 3. The first-order valence-corrected chi connectivity index (χ1v) is 7.81. The van der Waals surface area contributed by atoms with Crippen LogP contribution in [0.4, 0.5) is 0 Å². The maximum Gasteiger partial charge on any atom is 0.330 e. The summed E-state index contributed by atoms with van der Waals surface area (Å²) in [5.41, 5.74) is 2.15. The molecule has 2 aromatic carbocycles. The van der Waals surface area contributed by atoms with E-state index in [1.165, 1.54) is 13.0 Å². The van der Waals surface area contributed by atoms with Crippen LogP contribution in [-0.2, 0) is 14.3 Å². The first kappa shape index (κ1) is 18.3. The van der Waals surface area contributed by atoms with Gasteiger partial charge in [-0.1, -0.05) is 24.3 Å². The zero-order chi connectivity index (χ0) is 18.1. The first-order chi connectivity index (χ1) is 12.1. The minimum absolute atomic E-state index is 0.112. The standard InChI is InChI=1S/C20H20O5/c1-15(21)3-12-20(22)25-14-13-24-19-10-6-17(7-11-19)16-4-8-18(23-2)9-5-16/h3-12H,13-14H2,1-2H3. The molecule has 0 N–H and O–H groups in total. The normalized spacial score (nSPS) is 10.5. The molecule has 2 rings (SSSR count). The number of benzene rings is 2. The topological polar surface area (TPSA) is 61.8 Å². The monoisotopic (exact) mass is 340 g/mol. The average Bonchev–Trinajstić information content (AvgIpc) is 2.64. The third-order valence-corrected chi connectivity index (χ3v) is 3.33. The molecule has 0 spiro atoms. The van der Waals surface area contributed by atoms with Gasteiger partial charge in [-0.2, -0.15) is 0 Å². The molecule has 0 atom stereocenters. The Morgan fingerprint density at radius 2 is 1.40 bits per heavy atom. The van der Waals surface area contributed by atoms with E-state index in [0.29, 0.717) is 5.75 Å². The van der Waals surface area contributed by atoms with E-state index in [1.807, 2.05) is 48.5 Å². The van der Waals surface area contributed by atoms with Gasteiger partial charge < -0.3 is 14.2 Å². The molecule has 0 saturated heterocycles. The molecule has 0 heterocycles. The Morgan fingerprint density at radius 3 is 1.92 bits per heavy atom. The quantitative estimate of drug-likeness (QED) is 0.418. The second kappa shape index (κ2) is 9.27. The SMILES string of the molecule is COc1ccc(-c2ccc(OCCOC(=O)C=CC(C)=O)cc2)cc1. The second-order valence-electron chi connectivity index (χ2n) is 5.21. The summed E-state index contributed by atoms with van der Waals surface area (Å²) in [6.45, 7) is 1.71. The van der Waals surface area contributed by atoms with E-state index in [9.17, 15) is 9.59 Å². The van der Waals surface area contributed by atoms with Crippen molar-refractivity contribution < 1.29 is 23.8 Å². The first-order valence-electron chi connectivity index (χ1n) is 7.81. The fourth-order valence-electron chi connectivity index (χ4n) is 2.06. The van der Waals surface area contributed by atoms with Gasteiger partial charge in [0.05, 0.1) is 7.11 Å². The molecule has 0 aromatic heterocycles. The van der Waals surface area contributed by atoms with Crippen molar-refractivity contribution in [2.45, 2.75) is 6.92 Å². The van der Waals surface area contributed by atoms with Gasteiger partial charge in [-0.05, 0) is 48.4 Å². The lowest BCUT2D eigenvalue weighted by Gasteiger charge is -2.08. The van der Waals surface area contributed by atoms with Crippen LogP contribution in [0.15, 0.2) is 60.7 Å². The second-order valence-corrected chi connectivity index (χ2v) is 5.21. The molecule has 0 unspecified atom stereocenters. The maximum absolute atomic E-state index is 11.3. The fraction of sp³-hybridized carbons (Fsp3) is 0.200. The lowest BCUT2D eigenvalue weighted by Crippen LogP contribution is -2.10. The van der Waals surface area contributed by atoms with Crippen LogP contribution in [0.2, 0.25) is 0 Å². The Bertz CT molecular complexity index is 730. The fourth-order valence-corrected chi connectivity index (χ4v) is 2.06. The molecule has 2 aromatic rings. The van der Waals surface area contributed by atoms with Crippen LogP contribution < -0.4 is 9.47 Å². The minimum atomic E-state index is -0.561. The molecular weight excluding hydrogens is 320 g/mol. The molecule has 0 aliphatic carbocycles. The minimum Gasteiger partial charge on any atom is -0.497 e. The van der Waals surface area contributed by atoms with E-state index in [4.69, 9.17) is 14.2 Å². The Labute approximate surface area is 146 Å². The van der Waals surface area contributed by atoms with Gasteiger partial charge in [0.15, 0.2) is 5.78 Å². The number of hydrogen-bond donors (Lipinski definition) is 0. The van der Waals surface area contributed by atoms with Crippen LogP contribution in [0.1, 0.15) is 6.92 Å². The van der Waals surface area contributed by atoms with Crippen molar-refractivity contribution in [2.24, 2.45) is 0 Å². The maximum atomic E-state index is 11.3. The highest BCUT2D eigenvalue weighted by Crippen LogP contribution is 2.24. The summed E-state index contributed by atoms with van der Waals surface area (Å²) in [6.07, 6.45) is 2.27. The van der Waals surface area contributed by atoms with Crippen molar-refractivity contribution in [3.05, 3.63) is 60.7 Å². The molecule has 0 radical (unpaired) electrons. The van der Waals surface area contributed by atoms with Crippen molar-refractivity contribution in [3.63, 3.8) is 0 Å². The van der Waals surface area contributed by atoms with Crippen molar-refractivity contribution in [1.82, 2.24) is 0 Å². The van der Waals surface area contributed by atoms with Crippen LogP contribution >= 0.6 is 0 Å². The molecule has 0 aliphatic heterocycles. The van der Waals surface area contributed by atoms with Crippen LogP contribution in [0.5, 0.6) is 11.5 Å². The summed E-state index contributed by atoms with van der Waals surface area (Å²) >= 11 is 0. The van der Waals surface area contributed by atoms with E-state index in [1.54, 1.807) is 7.11 Å². The molecule has 0 aliphatic rings. The lowest BCUT2D eigenvalue weighted by atomic mass is 10.1. The summed E-state index contributed by atoms with van der Waals surface area (Å²) in [4.78, 5) is 22.0. The van der Waals surface area contributed by atoms with Gasteiger partial charge in [-0.3, -0.25) is 4.79 Å². The smallest absolute Gasteiger partial charge is 0.330 e. The lowest BCUT2D eigenvalue weighted by molar-refractivity contribution is -0.138. The summed E-state index contributed by atoms with van der Waals surface area (Å²) in [7, 11) is 1.64. The summed E-state index contributed by atoms with van der Waals surface area (Å²) in [6, 6.07) is 15.4. The molecule has 0 amide bonds. The highest BCUT2D eigenvalue weighted by atomic mass is 16.6. The molecule has 5 heteroatoms. The molecule has 0 fully saturated rings. The molecule has 0 bridgehead atoms. The number of ketones is 1. The summed E-state index contributed by atoms with van der Waals surface area (Å²) in [5.74, 6) is 0.739. The molecular formula is C20H20O5. The van der Waals surface area contributed by atoms with Gasteiger partial charge in [0.25, 0.3) is 0 Å². The Morgan fingerprint density at radius 1 is 0.840 bits per heavy atom. The highest BCUT2D eigenvalue weighted by Gasteiger charge is 2.01. The van der Waals surface area contributed by atoms with Gasteiger partial charge in [0.2, 0.25) is 0 Å². The highest BCUT2D eigenvalue weighted by molar-refractivity contribution is 5.94. The zero-order valence-corrected chi connectivity index (χ0v) is 14.2. The number of esters is 1. The zero-order valence-electron chi connectivity index (χ0n) is 14.2. The van der Waals surface area contributed by atoms with Crippen LogP contribution in [-0.4, -0.2) is 32.1 Å². The van der Waals surface area contributed by atoms with Crippen LogP contribution in [0.25, 0.3) is 11.1 Å². The van der Waals surface area contributed by atoms with E-state index < -0.39 is 5.97 Å². The number of rotatable bonds is 8. The molecule has 25 heavy (non-hydrogen) atoms. The van der Waals surface area contributed by atoms with E-state index in [2.05, 4.69) is 0 Å². The number of hydrogen-bond acceptors (Lipinski definition) is 5. The molecule has 5 nitrogen and oxygen atoms in total. The number of carbonyl (C=O) groups excluding carboxylic acids is 2. The average molecular weight is 340 g/mol. The summed E-state index contributed by atoms with van der Waals surface area (Å²) < 4.78 is 15.6. The van der Waals surface area contributed by atoms with Crippen LogP contribution in [0, 0.1) is 0 Å². The van der Waals surface area contributed by atoms with Crippen LogP contribution in [0.3, 0.4) is 0 Å². The largest absolute Gasteiger partial charge is 0.497 e. The van der Waals surface area contributed by atoms with E-state index in [-0.39, 0.29) is 19.0 Å². The molecule has 0 saturated carbocycles. The Hall–Kier alpha value is -3.08. The van der Waals surface area contributed by atoms with Crippen molar-refractivity contribution in [1.29, 1.82) is 0 Å².